The van der Waals surface area contributed by atoms with Gasteiger partial charge >= 0.3 is 6.03 Å². The van der Waals surface area contributed by atoms with Crippen molar-refractivity contribution in [1.82, 2.24) is 15.1 Å². The molecule has 2 unspecified atom stereocenters. The minimum absolute atomic E-state index is 0.0840. The van der Waals surface area contributed by atoms with Crippen molar-refractivity contribution >= 4 is 6.03 Å². The summed E-state index contributed by atoms with van der Waals surface area (Å²) in [4.78, 5) is 16.8. The van der Waals surface area contributed by atoms with Crippen LogP contribution < -0.4 is 5.32 Å². The van der Waals surface area contributed by atoms with Crippen molar-refractivity contribution in [2.45, 2.75) is 32.7 Å². The van der Waals surface area contributed by atoms with E-state index in [0.717, 1.165) is 32.5 Å². The molecule has 1 aliphatic heterocycles. The van der Waals surface area contributed by atoms with Gasteiger partial charge in [0.05, 0.1) is 6.04 Å². The minimum atomic E-state index is 0.0840. The monoisotopic (exact) mass is 317 g/mol. The van der Waals surface area contributed by atoms with Crippen LogP contribution in [0.3, 0.4) is 0 Å². The summed E-state index contributed by atoms with van der Waals surface area (Å²) in [5.41, 5.74) is 1.19. The quantitative estimate of drug-likeness (QED) is 0.873. The zero-order chi connectivity index (χ0) is 16.8. The summed E-state index contributed by atoms with van der Waals surface area (Å²) >= 11 is 0. The summed E-state index contributed by atoms with van der Waals surface area (Å²) in [6, 6.07) is 10.5. The van der Waals surface area contributed by atoms with E-state index >= 15 is 0 Å². The number of carbonyl (C=O) groups excluding carboxylic acids is 1. The number of amides is 2. The molecule has 0 bridgehead atoms. The van der Waals surface area contributed by atoms with E-state index in [-0.39, 0.29) is 12.1 Å². The Labute approximate surface area is 140 Å². The summed E-state index contributed by atoms with van der Waals surface area (Å²) in [5.74, 6) is 1.14. The molecule has 0 aromatic heterocycles. The zero-order valence-corrected chi connectivity index (χ0v) is 15.0. The van der Waals surface area contributed by atoms with Gasteiger partial charge in [0.1, 0.15) is 0 Å². The molecule has 0 aliphatic carbocycles. The topological polar surface area (TPSA) is 35.6 Å². The van der Waals surface area contributed by atoms with E-state index in [4.69, 9.17) is 0 Å². The number of rotatable bonds is 6. The largest absolute Gasteiger partial charge is 0.331 e. The van der Waals surface area contributed by atoms with Gasteiger partial charge in [-0.15, -0.1) is 0 Å². The SMILES string of the molecule is CC(C)CC(NC(=O)N1CCC(CN(C)C)C1)c1ccccc1. The summed E-state index contributed by atoms with van der Waals surface area (Å²) in [6.07, 6.45) is 2.07. The molecule has 1 N–H and O–H groups in total. The number of nitrogens with zero attached hydrogens (tertiary/aromatic N) is 2. The summed E-state index contributed by atoms with van der Waals surface area (Å²) in [5, 5.41) is 3.25. The molecule has 2 rings (SSSR count). The highest BCUT2D eigenvalue weighted by Crippen LogP contribution is 2.23. The highest BCUT2D eigenvalue weighted by Gasteiger charge is 2.28. The first-order valence-corrected chi connectivity index (χ1v) is 8.70. The first-order valence-electron chi connectivity index (χ1n) is 8.70. The van der Waals surface area contributed by atoms with Crippen LogP contribution in [0.15, 0.2) is 30.3 Å². The number of hydrogen-bond acceptors (Lipinski definition) is 2. The normalized spacial score (nSPS) is 19.4. The Morgan fingerprint density at radius 1 is 1.30 bits per heavy atom. The average Bonchev–Trinajstić information content (AvgIpc) is 2.95. The van der Waals surface area contributed by atoms with Crippen LogP contribution in [0.25, 0.3) is 0 Å². The Balaban J connectivity index is 1.95. The van der Waals surface area contributed by atoms with Gasteiger partial charge in [-0.1, -0.05) is 44.2 Å². The van der Waals surface area contributed by atoms with Crippen molar-refractivity contribution in [3.63, 3.8) is 0 Å². The Hall–Kier alpha value is -1.55. The van der Waals surface area contributed by atoms with Crippen molar-refractivity contribution in [1.29, 1.82) is 0 Å². The lowest BCUT2D eigenvalue weighted by molar-refractivity contribution is 0.199. The second kappa shape index (κ2) is 8.34. The standard InChI is InChI=1S/C19H31N3O/c1-15(2)12-18(17-8-6-5-7-9-17)20-19(23)22-11-10-16(14-22)13-21(3)4/h5-9,15-16,18H,10-14H2,1-4H3,(H,20,23). The Morgan fingerprint density at radius 3 is 2.61 bits per heavy atom. The number of hydrogen-bond donors (Lipinski definition) is 1. The van der Waals surface area contributed by atoms with Crippen LogP contribution in [-0.4, -0.2) is 49.6 Å². The third-order valence-electron chi connectivity index (χ3n) is 4.40. The first-order chi connectivity index (χ1) is 11.0. The predicted molar refractivity (Wildman–Crippen MR) is 95.4 cm³/mol. The van der Waals surface area contributed by atoms with Crippen molar-refractivity contribution in [2.24, 2.45) is 11.8 Å². The van der Waals surface area contributed by atoms with Crippen LogP contribution in [0.1, 0.15) is 38.3 Å². The molecule has 2 amide bonds. The van der Waals surface area contributed by atoms with Crippen molar-refractivity contribution < 1.29 is 4.79 Å². The maximum Gasteiger partial charge on any atom is 0.317 e. The van der Waals surface area contributed by atoms with E-state index in [0.29, 0.717) is 11.8 Å². The molecule has 1 heterocycles. The van der Waals surface area contributed by atoms with Gasteiger partial charge in [0, 0.05) is 19.6 Å². The molecule has 1 aromatic carbocycles. The smallest absolute Gasteiger partial charge is 0.317 e. The molecule has 128 valence electrons. The molecular formula is C19H31N3O. The lowest BCUT2D eigenvalue weighted by atomic mass is 9.97. The highest BCUT2D eigenvalue weighted by atomic mass is 16.2. The van der Waals surface area contributed by atoms with Gasteiger partial charge in [-0.3, -0.25) is 0 Å². The van der Waals surface area contributed by atoms with E-state index in [1.165, 1.54) is 5.56 Å². The molecule has 1 aliphatic rings. The predicted octanol–water partition coefficient (Wildman–Crippen LogP) is 3.37. The Bertz CT molecular complexity index is 487. The van der Waals surface area contributed by atoms with Gasteiger partial charge in [0.2, 0.25) is 0 Å². The van der Waals surface area contributed by atoms with Crippen LogP contribution in [-0.2, 0) is 0 Å². The number of urea groups is 1. The van der Waals surface area contributed by atoms with E-state index in [2.05, 4.69) is 50.3 Å². The third kappa shape index (κ3) is 5.54. The summed E-state index contributed by atoms with van der Waals surface area (Å²) < 4.78 is 0. The summed E-state index contributed by atoms with van der Waals surface area (Å²) in [7, 11) is 4.19. The number of carbonyl (C=O) groups is 1. The number of nitrogens with one attached hydrogen (secondary N) is 1. The van der Waals surface area contributed by atoms with Crippen LogP contribution in [0, 0.1) is 11.8 Å². The third-order valence-corrected chi connectivity index (χ3v) is 4.40. The molecule has 1 saturated heterocycles. The second-order valence-corrected chi connectivity index (χ2v) is 7.41. The number of likely N-dealkylation sites (tertiary alicyclic amines) is 1. The van der Waals surface area contributed by atoms with Crippen molar-refractivity contribution in [2.75, 3.05) is 33.7 Å². The lowest BCUT2D eigenvalue weighted by Crippen LogP contribution is -2.41. The van der Waals surface area contributed by atoms with Gasteiger partial charge in [0.15, 0.2) is 0 Å². The van der Waals surface area contributed by atoms with Crippen LogP contribution in [0.2, 0.25) is 0 Å². The molecule has 1 fully saturated rings. The van der Waals surface area contributed by atoms with Gasteiger partial charge in [-0.05, 0) is 44.3 Å². The number of benzene rings is 1. The molecule has 23 heavy (non-hydrogen) atoms. The molecule has 2 atom stereocenters. The van der Waals surface area contributed by atoms with Gasteiger partial charge < -0.3 is 15.1 Å². The first kappa shape index (κ1) is 17.8. The molecular weight excluding hydrogens is 286 g/mol. The van der Waals surface area contributed by atoms with Crippen LogP contribution in [0.4, 0.5) is 4.79 Å². The fourth-order valence-electron chi connectivity index (χ4n) is 3.36. The Morgan fingerprint density at radius 2 is 2.00 bits per heavy atom. The van der Waals surface area contributed by atoms with Gasteiger partial charge in [-0.2, -0.15) is 0 Å². The fraction of sp³-hybridized carbons (Fsp3) is 0.632. The van der Waals surface area contributed by atoms with E-state index in [1.807, 2.05) is 23.1 Å². The minimum Gasteiger partial charge on any atom is -0.331 e. The van der Waals surface area contributed by atoms with Gasteiger partial charge in [0.25, 0.3) is 0 Å². The van der Waals surface area contributed by atoms with Gasteiger partial charge in [-0.25, -0.2) is 4.79 Å². The molecule has 0 spiro atoms. The highest BCUT2D eigenvalue weighted by molar-refractivity contribution is 5.75. The van der Waals surface area contributed by atoms with E-state index in [9.17, 15) is 4.79 Å². The Kier molecular flexibility index (Phi) is 6.46. The molecule has 4 heteroatoms. The molecule has 0 saturated carbocycles. The average molecular weight is 317 g/mol. The maximum atomic E-state index is 12.6. The van der Waals surface area contributed by atoms with Crippen LogP contribution in [0.5, 0.6) is 0 Å². The van der Waals surface area contributed by atoms with Crippen molar-refractivity contribution in [3.8, 4) is 0 Å². The molecule has 1 aromatic rings. The van der Waals surface area contributed by atoms with Crippen LogP contribution >= 0.6 is 0 Å². The molecule has 0 radical (unpaired) electrons. The maximum absolute atomic E-state index is 12.6. The van der Waals surface area contributed by atoms with E-state index < -0.39 is 0 Å². The lowest BCUT2D eigenvalue weighted by Gasteiger charge is -2.25. The molecule has 4 nitrogen and oxygen atoms in total. The summed E-state index contributed by atoms with van der Waals surface area (Å²) in [6.45, 7) is 7.19. The van der Waals surface area contributed by atoms with Crippen molar-refractivity contribution in [3.05, 3.63) is 35.9 Å². The zero-order valence-electron chi connectivity index (χ0n) is 15.0. The fourth-order valence-corrected chi connectivity index (χ4v) is 3.36. The van der Waals surface area contributed by atoms with E-state index in [1.54, 1.807) is 0 Å². The second-order valence-electron chi connectivity index (χ2n) is 7.41.